The van der Waals surface area contributed by atoms with Gasteiger partial charge in [-0.2, -0.15) is 0 Å². The minimum absolute atomic E-state index is 0.0169. The van der Waals surface area contributed by atoms with Crippen molar-refractivity contribution in [1.82, 2.24) is 15.1 Å². The molecule has 1 aliphatic heterocycles. The first-order chi connectivity index (χ1) is 13.5. The highest BCUT2D eigenvalue weighted by atomic mass is 16.2. The molecule has 1 saturated heterocycles. The van der Waals surface area contributed by atoms with Crippen LogP contribution in [0.15, 0.2) is 54.6 Å². The van der Waals surface area contributed by atoms with Crippen LogP contribution in [0.1, 0.15) is 29.5 Å². The lowest BCUT2D eigenvalue weighted by Crippen LogP contribution is -2.44. The maximum absolute atomic E-state index is 12.5. The van der Waals surface area contributed by atoms with Gasteiger partial charge in [0.1, 0.15) is 5.84 Å². The van der Waals surface area contributed by atoms with Crippen molar-refractivity contribution in [1.29, 1.82) is 5.41 Å². The normalized spacial score (nSPS) is 14.6. The number of rotatable bonds is 5. The Hall–Kier alpha value is -2.82. The van der Waals surface area contributed by atoms with E-state index in [2.05, 4.69) is 35.6 Å². The number of carbonyl (C=O) groups is 1. The number of likely N-dealkylation sites (tertiary alicyclic amines) is 1. The molecule has 1 aliphatic rings. The summed E-state index contributed by atoms with van der Waals surface area (Å²) in [5, 5.41) is 11.0. The maximum atomic E-state index is 12.5. The Labute approximate surface area is 167 Å². The van der Waals surface area contributed by atoms with E-state index in [0.29, 0.717) is 18.3 Å². The zero-order valence-electron chi connectivity index (χ0n) is 16.8. The average molecular weight is 379 g/mol. The number of hydrogen-bond acceptors (Lipinski definition) is 2. The summed E-state index contributed by atoms with van der Waals surface area (Å²) in [7, 11) is 3.72. The number of piperidine rings is 1. The van der Waals surface area contributed by atoms with Crippen LogP contribution in [0.4, 0.5) is 4.79 Å². The molecule has 5 heteroatoms. The summed E-state index contributed by atoms with van der Waals surface area (Å²) < 4.78 is 0. The van der Waals surface area contributed by atoms with Gasteiger partial charge in [0.2, 0.25) is 0 Å². The van der Waals surface area contributed by atoms with Crippen LogP contribution in [-0.4, -0.2) is 48.9 Å². The molecule has 0 aromatic heterocycles. The van der Waals surface area contributed by atoms with Crippen LogP contribution in [0.5, 0.6) is 0 Å². The van der Waals surface area contributed by atoms with Gasteiger partial charge in [-0.25, -0.2) is 4.79 Å². The lowest BCUT2D eigenvalue weighted by atomic mass is 9.90. The molecule has 148 valence electrons. The van der Waals surface area contributed by atoms with Crippen molar-refractivity contribution < 1.29 is 4.79 Å². The number of amidine groups is 1. The summed E-state index contributed by atoms with van der Waals surface area (Å²) in [6, 6.07) is 18.4. The van der Waals surface area contributed by atoms with Gasteiger partial charge in [0, 0.05) is 39.3 Å². The molecule has 0 spiro atoms. The first-order valence-electron chi connectivity index (χ1n) is 9.95. The van der Waals surface area contributed by atoms with E-state index in [9.17, 15) is 4.79 Å². The molecule has 0 saturated carbocycles. The van der Waals surface area contributed by atoms with Crippen LogP contribution in [0, 0.1) is 11.3 Å². The van der Waals surface area contributed by atoms with E-state index >= 15 is 0 Å². The maximum Gasteiger partial charge on any atom is 0.317 e. The van der Waals surface area contributed by atoms with E-state index in [1.54, 1.807) is 4.90 Å². The van der Waals surface area contributed by atoms with Gasteiger partial charge >= 0.3 is 6.03 Å². The average Bonchev–Trinajstić information content (AvgIpc) is 2.73. The number of benzene rings is 2. The molecule has 3 rings (SSSR count). The fraction of sp³-hybridized carbons (Fsp3) is 0.391. The van der Waals surface area contributed by atoms with Gasteiger partial charge in [-0.05, 0) is 36.3 Å². The third kappa shape index (κ3) is 5.35. The Balaban J connectivity index is 1.43. The topological polar surface area (TPSA) is 59.4 Å². The molecule has 2 N–H and O–H groups in total. The van der Waals surface area contributed by atoms with E-state index in [4.69, 9.17) is 5.41 Å². The van der Waals surface area contributed by atoms with Gasteiger partial charge in [0.25, 0.3) is 0 Å². The van der Waals surface area contributed by atoms with Crippen LogP contribution in [0.25, 0.3) is 0 Å². The third-order valence-corrected chi connectivity index (χ3v) is 5.39. The highest BCUT2D eigenvalue weighted by Gasteiger charge is 2.22. The predicted octanol–water partition coefficient (Wildman–Crippen LogP) is 3.74. The number of nitrogens with one attached hydrogen (secondary N) is 2. The van der Waals surface area contributed by atoms with Gasteiger partial charge in [0.05, 0.1) is 0 Å². The number of amides is 2. The van der Waals surface area contributed by atoms with Gasteiger partial charge < -0.3 is 15.1 Å². The Kier molecular flexibility index (Phi) is 6.69. The Morgan fingerprint density at radius 2 is 1.68 bits per heavy atom. The summed E-state index contributed by atoms with van der Waals surface area (Å²) >= 11 is 0. The summed E-state index contributed by atoms with van der Waals surface area (Å²) in [4.78, 5) is 16.2. The summed E-state index contributed by atoms with van der Waals surface area (Å²) in [5.74, 6) is 1.14. The molecule has 5 nitrogen and oxygen atoms in total. The van der Waals surface area contributed by atoms with E-state index in [-0.39, 0.29) is 6.03 Å². The largest absolute Gasteiger partial charge is 0.363 e. The minimum atomic E-state index is 0.0169. The molecule has 0 bridgehead atoms. The molecule has 2 aromatic carbocycles. The Morgan fingerprint density at radius 1 is 1.04 bits per heavy atom. The van der Waals surface area contributed by atoms with Gasteiger partial charge in [0.15, 0.2) is 0 Å². The zero-order valence-corrected chi connectivity index (χ0v) is 16.8. The second-order valence-electron chi connectivity index (χ2n) is 7.72. The summed E-state index contributed by atoms with van der Waals surface area (Å²) in [6.45, 7) is 2.16. The second-order valence-corrected chi connectivity index (χ2v) is 7.72. The third-order valence-electron chi connectivity index (χ3n) is 5.39. The molecule has 0 aliphatic carbocycles. The van der Waals surface area contributed by atoms with Crippen molar-refractivity contribution in [3.8, 4) is 0 Å². The van der Waals surface area contributed by atoms with E-state index in [1.807, 2.05) is 43.3 Å². The Morgan fingerprint density at radius 3 is 2.29 bits per heavy atom. The first kappa shape index (κ1) is 19.9. The van der Waals surface area contributed by atoms with Gasteiger partial charge in [-0.1, -0.05) is 54.6 Å². The van der Waals surface area contributed by atoms with Crippen LogP contribution < -0.4 is 5.32 Å². The van der Waals surface area contributed by atoms with E-state index in [0.717, 1.165) is 43.5 Å². The fourth-order valence-corrected chi connectivity index (χ4v) is 3.62. The van der Waals surface area contributed by atoms with Crippen molar-refractivity contribution in [2.24, 2.45) is 5.92 Å². The second kappa shape index (κ2) is 9.40. The number of hydrogen-bond donors (Lipinski definition) is 2. The van der Waals surface area contributed by atoms with Gasteiger partial charge in [-0.15, -0.1) is 0 Å². The van der Waals surface area contributed by atoms with Crippen LogP contribution in [-0.2, 0) is 13.0 Å². The van der Waals surface area contributed by atoms with Crippen molar-refractivity contribution in [2.75, 3.05) is 27.2 Å². The highest BCUT2D eigenvalue weighted by Crippen LogP contribution is 2.21. The molecule has 0 unspecified atom stereocenters. The van der Waals surface area contributed by atoms with Crippen LogP contribution in [0.2, 0.25) is 0 Å². The van der Waals surface area contributed by atoms with Crippen LogP contribution in [0.3, 0.4) is 0 Å². The quantitative estimate of drug-likeness (QED) is 0.615. The molecular formula is C23H30N4O. The SMILES string of the molecule is CN(C)C(=N)c1ccc(CNC(=O)N2CCC(Cc3ccccc3)CC2)cc1. The standard InChI is InChI=1S/C23H30N4O/c1-26(2)22(24)21-10-8-20(9-11-21)17-25-23(28)27-14-12-19(13-15-27)16-18-6-4-3-5-7-18/h3-11,19,24H,12-17H2,1-2H3,(H,25,28). The summed E-state index contributed by atoms with van der Waals surface area (Å²) in [6.07, 6.45) is 3.22. The molecule has 28 heavy (non-hydrogen) atoms. The predicted molar refractivity (Wildman–Crippen MR) is 114 cm³/mol. The fourth-order valence-electron chi connectivity index (χ4n) is 3.62. The number of nitrogens with zero attached hydrogens (tertiary/aromatic N) is 2. The smallest absolute Gasteiger partial charge is 0.317 e. The lowest BCUT2D eigenvalue weighted by Gasteiger charge is -2.32. The van der Waals surface area contributed by atoms with Crippen LogP contribution >= 0.6 is 0 Å². The molecule has 1 heterocycles. The number of urea groups is 1. The molecule has 0 atom stereocenters. The number of carbonyl (C=O) groups excluding carboxylic acids is 1. The molecule has 2 aromatic rings. The van der Waals surface area contributed by atoms with Crippen molar-refractivity contribution in [3.05, 3.63) is 71.3 Å². The van der Waals surface area contributed by atoms with Crippen molar-refractivity contribution in [3.63, 3.8) is 0 Å². The molecule has 1 fully saturated rings. The van der Waals surface area contributed by atoms with Gasteiger partial charge in [-0.3, -0.25) is 5.41 Å². The first-order valence-corrected chi connectivity index (χ1v) is 9.95. The zero-order chi connectivity index (χ0) is 19.9. The molecule has 0 radical (unpaired) electrons. The highest BCUT2D eigenvalue weighted by molar-refractivity contribution is 5.96. The lowest BCUT2D eigenvalue weighted by molar-refractivity contribution is 0.170. The van der Waals surface area contributed by atoms with E-state index in [1.165, 1.54) is 5.56 Å². The summed E-state index contributed by atoms with van der Waals surface area (Å²) in [5.41, 5.74) is 3.30. The van der Waals surface area contributed by atoms with E-state index < -0.39 is 0 Å². The van der Waals surface area contributed by atoms with Crippen molar-refractivity contribution >= 4 is 11.9 Å². The molecular weight excluding hydrogens is 348 g/mol. The van der Waals surface area contributed by atoms with Crippen molar-refractivity contribution in [2.45, 2.75) is 25.8 Å². The molecule has 2 amide bonds. The Bertz CT molecular complexity index is 778. The monoisotopic (exact) mass is 378 g/mol. The minimum Gasteiger partial charge on any atom is -0.363 e.